The SMILES string of the molecule is O=c1cc2c(nn1CCN1CCN(c3ccc(C(F)(F)F)nn3)CC1)CCC2. The molecule has 28 heavy (non-hydrogen) atoms. The average molecular weight is 394 g/mol. The van der Waals surface area contributed by atoms with Crippen molar-refractivity contribution in [1.29, 1.82) is 0 Å². The van der Waals surface area contributed by atoms with Crippen LogP contribution in [0, 0.1) is 0 Å². The third-order valence-corrected chi connectivity index (χ3v) is 5.29. The average Bonchev–Trinajstić information content (AvgIpc) is 3.13. The van der Waals surface area contributed by atoms with Crippen LogP contribution in [0.15, 0.2) is 23.0 Å². The standard InChI is InChI=1S/C18H21F3N6O/c19-18(20,21)15-4-5-16(23-22-15)26-9-6-25(7-10-26)8-11-27-17(28)12-13-2-1-3-14(13)24-27/h4-5,12H,1-3,6-11H2. The van der Waals surface area contributed by atoms with E-state index in [1.807, 2.05) is 4.90 Å². The smallest absolute Gasteiger partial charge is 0.353 e. The fraction of sp³-hybridized carbons (Fsp3) is 0.556. The lowest BCUT2D eigenvalue weighted by atomic mass is 10.2. The molecule has 150 valence electrons. The van der Waals surface area contributed by atoms with Gasteiger partial charge in [0.25, 0.3) is 5.56 Å². The first-order valence-electron chi connectivity index (χ1n) is 9.38. The molecule has 2 aliphatic rings. The number of aryl methyl sites for hydroxylation is 2. The van der Waals surface area contributed by atoms with Gasteiger partial charge in [-0.3, -0.25) is 9.69 Å². The highest BCUT2D eigenvalue weighted by Crippen LogP contribution is 2.27. The van der Waals surface area contributed by atoms with Crippen molar-refractivity contribution in [1.82, 2.24) is 24.9 Å². The second-order valence-electron chi connectivity index (χ2n) is 7.13. The molecule has 2 aromatic heterocycles. The van der Waals surface area contributed by atoms with E-state index in [1.165, 1.54) is 10.7 Å². The summed E-state index contributed by atoms with van der Waals surface area (Å²) < 4.78 is 39.3. The van der Waals surface area contributed by atoms with Crippen molar-refractivity contribution in [2.45, 2.75) is 32.0 Å². The minimum absolute atomic E-state index is 0.0562. The number of piperazine rings is 1. The van der Waals surface area contributed by atoms with Gasteiger partial charge in [0.15, 0.2) is 11.5 Å². The van der Waals surface area contributed by atoms with Gasteiger partial charge >= 0.3 is 6.18 Å². The first-order chi connectivity index (χ1) is 13.4. The molecule has 7 nitrogen and oxygen atoms in total. The summed E-state index contributed by atoms with van der Waals surface area (Å²) in [5, 5.41) is 11.5. The van der Waals surface area contributed by atoms with Crippen molar-refractivity contribution in [3.63, 3.8) is 0 Å². The second-order valence-corrected chi connectivity index (χ2v) is 7.13. The first-order valence-corrected chi connectivity index (χ1v) is 9.38. The molecule has 0 atom stereocenters. The van der Waals surface area contributed by atoms with Crippen LogP contribution in [0.25, 0.3) is 0 Å². The summed E-state index contributed by atoms with van der Waals surface area (Å²) in [5.41, 5.74) is 1.07. The van der Waals surface area contributed by atoms with Crippen LogP contribution < -0.4 is 10.5 Å². The number of hydrogen-bond acceptors (Lipinski definition) is 6. The van der Waals surface area contributed by atoms with E-state index in [9.17, 15) is 18.0 Å². The molecule has 10 heteroatoms. The minimum atomic E-state index is -4.48. The molecular formula is C18H21F3N6O. The van der Waals surface area contributed by atoms with Gasteiger partial charge in [-0.2, -0.15) is 18.3 Å². The summed E-state index contributed by atoms with van der Waals surface area (Å²) in [6.07, 6.45) is -1.55. The minimum Gasteiger partial charge on any atom is -0.353 e. The second kappa shape index (κ2) is 7.50. The van der Waals surface area contributed by atoms with Crippen LogP contribution >= 0.6 is 0 Å². The van der Waals surface area contributed by atoms with Gasteiger partial charge in [-0.05, 0) is 37.0 Å². The lowest BCUT2D eigenvalue weighted by Gasteiger charge is -2.35. The van der Waals surface area contributed by atoms with Gasteiger partial charge in [0.05, 0.1) is 12.2 Å². The van der Waals surface area contributed by atoms with Crippen molar-refractivity contribution in [2.24, 2.45) is 0 Å². The highest BCUT2D eigenvalue weighted by molar-refractivity contribution is 5.38. The van der Waals surface area contributed by atoms with Crippen molar-refractivity contribution < 1.29 is 13.2 Å². The van der Waals surface area contributed by atoms with Crippen LogP contribution in [0.2, 0.25) is 0 Å². The number of anilines is 1. The molecule has 1 saturated heterocycles. The molecule has 0 bridgehead atoms. The predicted octanol–water partition coefficient (Wildman–Crippen LogP) is 1.36. The molecule has 0 aromatic carbocycles. The highest BCUT2D eigenvalue weighted by atomic mass is 19.4. The van der Waals surface area contributed by atoms with Crippen LogP contribution in [0.1, 0.15) is 23.4 Å². The molecule has 1 fully saturated rings. The Morgan fingerprint density at radius 3 is 2.46 bits per heavy atom. The molecule has 3 heterocycles. The monoisotopic (exact) mass is 394 g/mol. The zero-order chi connectivity index (χ0) is 19.7. The Bertz CT molecular complexity index is 888. The Morgan fingerprint density at radius 2 is 1.79 bits per heavy atom. The molecule has 2 aromatic rings. The van der Waals surface area contributed by atoms with Crippen molar-refractivity contribution in [3.05, 3.63) is 45.5 Å². The van der Waals surface area contributed by atoms with Crippen LogP contribution in [0.3, 0.4) is 0 Å². The van der Waals surface area contributed by atoms with Crippen LogP contribution in [0.4, 0.5) is 19.0 Å². The van der Waals surface area contributed by atoms with E-state index in [1.54, 1.807) is 6.07 Å². The Hall–Kier alpha value is -2.49. The fourth-order valence-electron chi connectivity index (χ4n) is 3.68. The zero-order valence-electron chi connectivity index (χ0n) is 15.3. The number of aromatic nitrogens is 4. The fourth-order valence-corrected chi connectivity index (χ4v) is 3.68. The lowest BCUT2D eigenvalue weighted by Crippen LogP contribution is -2.48. The summed E-state index contributed by atoms with van der Waals surface area (Å²) in [6, 6.07) is 4.02. The van der Waals surface area contributed by atoms with E-state index in [0.717, 1.165) is 49.7 Å². The summed E-state index contributed by atoms with van der Waals surface area (Å²) in [6.45, 7) is 4.01. The number of halogens is 3. The first kappa shape index (κ1) is 18.9. The highest BCUT2D eigenvalue weighted by Gasteiger charge is 2.33. The summed E-state index contributed by atoms with van der Waals surface area (Å²) >= 11 is 0. The van der Waals surface area contributed by atoms with E-state index in [-0.39, 0.29) is 5.56 Å². The maximum absolute atomic E-state index is 12.6. The summed E-state index contributed by atoms with van der Waals surface area (Å²) in [7, 11) is 0. The van der Waals surface area contributed by atoms with Crippen molar-refractivity contribution >= 4 is 5.82 Å². The van der Waals surface area contributed by atoms with E-state index >= 15 is 0 Å². The number of alkyl halides is 3. The molecule has 0 N–H and O–H groups in total. The largest absolute Gasteiger partial charge is 0.435 e. The normalized spacial score (nSPS) is 17.8. The van der Waals surface area contributed by atoms with Gasteiger partial charge in [-0.15, -0.1) is 10.2 Å². The quantitative estimate of drug-likeness (QED) is 0.780. The number of fused-ring (bicyclic) bond motifs is 1. The van der Waals surface area contributed by atoms with Gasteiger partial charge in [0.1, 0.15) is 0 Å². The van der Waals surface area contributed by atoms with Gasteiger partial charge in [-0.1, -0.05) is 0 Å². The van der Waals surface area contributed by atoms with E-state index in [0.29, 0.717) is 32.0 Å². The molecule has 0 radical (unpaired) electrons. The third kappa shape index (κ3) is 4.01. The summed E-state index contributed by atoms with van der Waals surface area (Å²) in [5.74, 6) is 0.448. The Labute approximate surface area is 159 Å². The lowest BCUT2D eigenvalue weighted by molar-refractivity contribution is -0.141. The number of hydrogen-bond donors (Lipinski definition) is 0. The van der Waals surface area contributed by atoms with Gasteiger partial charge in [0.2, 0.25) is 0 Å². The molecule has 1 aliphatic heterocycles. The van der Waals surface area contributed by atoms with Crippen LogP contribution in [-0.2, 0) is 25.6 Å². The molecule has 0 unspecified atom stereocenters. The van der Waals surface area contributed by atoms with E-state index in [2.05, 4.69) is 20.2 Å². The molecule has 0 saturated carbocycles. The number of rotatable bonds is 4. The van der Waals surface area contributed by atoms with Crippen LogP contribution in [0.5, 0.6) is 0 Å². The number of nitrogens with zero attached hydrogens (tertiary/aromatic N) is 6. The Kier molecular flexibility index (Phi) is 5.05. The predicted molar refractivity (Wildman–Crippen MR) is 96.2 cm³/mol. The molecule has 0 spiro atoms. The molecule has 1 aliphatic carbocycles. The van der Waals surface area contributed by atoms with Crippen molar-refractivity contribution in [2.75, 3.05) is 37.6 Å². The topological polar surface area (TPSA) is 67.2 Å². The summed E-state index contributed by atoms with van der Waals surface area (Å²) in [4.78, 5) is 16.3. The van der Waals surface area contributed by atoms with Gasteiger partial charge in [-0.25, -0.2) is 4.68 Å². The van der Waals surface area contributed by atoms with Gasteiger partial charge in [0, 0.05) is 38.8 Å². The maximum atomic E-state index is 12.6. The molecule has 0 amide bonds. The van der Waals surface area contributed by atoms with Crippen molar-refractivity contribution in [3.8, 4) is 0 Å². The van der Waals surface area contributed by atoms with E-state index in [4.69, 9.17) is 0 Å². The zero-order valence-corrected chi connectivity index (χ0v) is 15.3. The van der Waals surface area contributed by atoms with E-state index < -0.39 is 11.9 Å². The molecule has 4 rings (SSSR count). The van der Waals surface area contributed by atoms with Crippen LogP contribution in [-0.4, -0.2) is 57.6 Å². The Morgan fingerprint density at radius 1 is 1.00 bits per heavy atom. The Balaban J connectivity index is 1.31. The van der Waals surface area contributed by atoms with Gasteiger partial charge < -0.3 is 4.90 Å². The maximum Gasteiger partial charge on any atom is 0.435 e. The molecular weight excluding hydrogens is 373 g/mol. The third-order valence-electron chi connectivity index (χ3n) is 5.29.